The van der Waals surface area contributed by atoms with E-state index < -0.39 is 0 Å². The summed E-state index contributed by atoms with van der Waals surface area (Å²) in [6, 6.07) is 3.71. The lowest BCUT2D eigenvalue weighted by molar-refractivity contribution is 0.300. The van der Waals surface area contributed by atoms with Crippen LogP contribution in [0.3, 0.4) is 0 Å². The molecule has 0 aliphatic rings. The van der Waals surface area contributed by atoms with Crippen molar-refractivity contribution in [1.29, 1.82) is 0 Å². The van der Waals surface area contributed by atoms with Crippen molar-refractivity contribution in [3.8, 4) is 10.8 Å². The molecule has 0 radical (unpaired) electrons. The summed E-state index contributed by atoms with van der Waals surface area (Å²) < 4.78 is 5.20. The van der Waals surface area contributed by atoms with Crippen molar-refractivity contribution in [2.75, 3.05) is 6.61 Å². The van der Waals surface area contributed by atoms with Gasteiger partial charge in [-0.15, -0.1) is 11.3 Å². The van der Waals surface area contributed by atoms with Gasteiger partial charge in [0.2, 0.25) is 0 Å². The Morgan fingerprint density at radius 3 is 3.15 bits per heavy atom. The number of thiazole rings is 1. The Bertz CT molecular complexity index is 367. The van der Waals surface area contributed by atoms with Crippen molar-refractivity contribution in [2.24, 2.45) is 0 Å². The van der Waals surface area contributed by atoms with E-state index in [1.54, 1.807) is 23.8 Å². The van der Waals surface area contributed by atoms with Crippen molar-refractivity contribution in [1.82, 2.24) is 4.98 Å². The van der Waals surface area contributed by atoms with Gasteiger partial charge in [0.15, 0.2) is 10.8 Å². The maximum Gasteiger partial charge on any atom is 0.162 e. The summed E-state index contributed by atoms with van der Waals surface area (Å²) in [6.07, 6.45) is 4.07. The summed E-state index contributed by atoms with van der Waals surface area (Å²) >= 11 is 1.55. The zero-order valence-corrected chi connectivity index (χ0v) is 7.75. The molecule has 0 saturated carbocycles. The molecular formula is C9H9NO2S. The van der Waals surface area contributed by atoms with Gasteiger partial charge >= 0.3 is 0 Å². The molecule has 2 aromatic heterocycles. The Morgan fingerprint density at radius 2 is 2.46 bits per heavy atom. The number of aromatic nitrogens is 1. The van der Waals surface area contributed by atoms with Gasteiger partial charge in [0.25, 0.3) is 0 Å². The fourth-order valence-corrected chi connectivity index (χ4v) is 1.92. The average molecular weight is 195 g/mol. The third-order valence-electron chi connectivity index (χ3n) is 1.64. The maximum absolute atomic E-state index is 8.71. The molecule has 68 valence electrons. The van der Waals surface area contributed by atoms with Crippen molar-refractivity contribution in [3.63, 3.8) is 0 Å². The Labute approximate surface area is 79.7 Å². The number of rotatable bonds is 3. The van der Waals surface area contributed by atoms with Crippen LogP contribution < -0.4 is 0 Å². The molecule has 4 heteroatoms. The van der Waals surface area contributed by atoms with Crippen LogP contribution in [0, 0.1) is 0 Å². The molecule has 0 unspecified atom stereocenters. The van der Waals surface area contributed by atoms with E-state index in [0.29, 0.717) is 6.42 Å². The van der Waals surface area contributed by atoms with Gasteiger partial charge in [-0.3, -0.25) is 0 Å². The summed E-state index contributed by atoms with van der Waals surface area (Å²) in [5.74, 6) is 0.786. The number of furan rings is 1. The van der Waals surface area contributed by atoms with E-state index >= 15 is 0 Å². The smallest absolute Gasteiger partial charge is 0.162 e. The normalized spacial score (nSPS) is 10.5. The van der Waals surface area contributed by atoms with E-state index in [1.165, 1.54) is 0 Å². The minimum atomic E-state index is 0.166. The number of hydrogen-bond donors (Lipinski definition) is 1. The first-order valence-corrected chi connectivity index (χ1v) is 4.81. The monoisotopic (exact) mass is 195 g/mol. The van der Waals surface area contributed by atoms with E-state index in [2.05, 4.69) is 4.98 Å². The summed E-state index contributed by atoms with van der Waals surface area (Å²) in [5, 5.41) is 9.58. The SMILES string of the molecule is OCCc1cnc(-c2ccco2)s1. The van der Waals surface area contributed by atoms with Gasteiger partial charge in [-0.05, 0) is 12.1 Å². The summed E-state index contributed by atoms with van der Waals surface area (Å²) in [7, 11) is 0. The Kier molecular flexibility index (Phi) is 2.42. The van der Waals surface area contributed by atoms with Gasteiger partial charge < -0.3 is 9.52 Å². The fraction of sp³-hybridized carbons (Fsp3) is 0.222. The largest absolute Gasteiger partial charge is 0.462 e. The third kappa shape index (κ3) is 1.79. The van der Waals surface area contributed by atoms with Crippen molar-refractivity contribution >= 4 is 11.3 Å². The molecule has 3 nitrogen and oxygen atoms in total. The van der Waals surface area contributed by atoms with Crippen LogP contribution in [0.25, 0.3) is 10.8 Å². The van der Waals surface area contributed by atoms with Crippen molar-refractivity contribution in [3.05, 3.63) is 29.5 Å². The van der Waals surface area contributed by atoms with E-state index in [0.717, 1.165) is 15.6 Å². The predicted molar refractivity (Wildman–Crippen MR) is 50.6 cm³/mol. The maximum atomic E-state index is 8.71. The highest BCUT2D eigenvalue weighted by Gasteiger charge is 2.05. The van der Waals surface area contributed by atoms with Gasteiger partial charge in [0.05, 0.1) is 6.26 Å². The lowest BCUT2D eigenvalue weighted by Gasteiger charge is -1.87. The number of aliphatic hydroxyl groups excluding tert-OH is 1. The van der Waals surface area contributed by atoms with Crippen LogP contribution in [0.5, 0.6) is 0 Å². The minimum absolute atomic E-state index is 0.166. The molecule has 0 bridgehead atoms. The third-order valence-corrected chi connectivity index (χ3v) is 2.72. The van der Waals surface area contributed by atoms with Crippen molar-refractivity contribution < 1.29 is 9.52 Å². The van der Waals surface area contributed by atoms with Gasteiger partial charge in [-0.2, -0.15) is 0 Å². The average Bonchev–Trinajstić information content (AvgIpc) is 2.70. The highest BCUT2D eigenvalue weighted by atomic mass is 32.1. The number of hydrogen-bond acceptors (Lipinski definition) is 4. The Morgan fingerprint density at radius 1 is 1.54 bits per heavy atom. The lowest BCUT2D eigenvalue weighted by atomic mass is 10.4. The molecule has 2 heterocycles. The molecule has 0 fully saturated rings. The van der Waals surface area contributed by atoms with Gasteiger partial charge in [0, 0.05) is 24.1 Å². The van der Waals surface area contributed by atoms with Crippen LogP contribution in [-0.4, -0.2) is 16.7 Å². The van der Waals surface area contributed by atoms with Gasteiger partial charge in [-0.25, -0.2) is 4.98 Å². The van der Waals surface area contributed by atoms with Crippen LogP contribution in [0.2, 0.25) is 0 Å². The van der Waals surface area contributed by atoms with Crippen LogP contribution in [0.1, 0.15) is 4.88 Å². The molecule has 0 atom stereocenters. The Hall–Kier alpha value is -1.13. The molecular weight excluding hydrogens is 186 g/mol. The standard InChI is InChI=1S/C9H9NO2S/c11-4-3-7-6-10-9(13-7)8-2-1-5-12-8/h1-2,5-6,11H,3-4H2. The molecule has 0 saturated heterocycles. The number of nitrogens with zero attached hydrogens (tertiary/aromatic N) is 1. The molecule has 0 amide bonds. The van der Waals surface area contributed by atoms with Gasteiger partial charge in [0.1, 0.15) is 0 Å². The summed E-state index contributed by atoms with van der Waals surface area (Å²) in [6.45, 7) is 0.166. The molecule has 0 aromatic carbocycles. The van der Waals surface area contributed by atoms with Crippen LogP contribution in [0.15, 0.2) is 29.0 Å². The second kappa shape index (κ2) is 3.72. The first kappa shape index (κ1) is 8.47. The van der Waals surface area contributed by atoms with Crippen LogP contribution in [0.4, 0.5) is 0 Å². The lowest BCUT2D eigenvalue weighted by Crippen LogP contribution is -1.84. The minimum Gasteiger partial charge on any atom is -0.462 e. The first-order chi connectivity index (χ1) is 6.40. The second-order valence-electron chi connectivity index (χ2n) is 2.58. The van der Waals surface area contributed by atoms with Gasteiger partial charge in [-0.1, -0.05) is 0 Å². The Balaban J connectivity index is 2.23. The summed E-state index contributed by atoms with van der Waals surface area (Å²) in [4.78, 5) is 5.27. The van der Waals surface area contributed by atoms with E-state index in [9.17, 15) is 0 Å². The topological polar surface area (TPSA) is 46.3 Å². The highest BCUT2D eigenvalue weighted by molar-refractivity contribution is 7.14. The molecule has 1 N–H and O–H groups in total. The molecule has 0 spiro atoms. The zero-order valence-electron chi connectivity index (χ0n) is 6.93. The molecule has 0 aliphatic carbocycles. The van der Waals surface area contributed by atoms with E-state index in [4.69, 9.17) is 9.52 Å². The second-order valence-corrected chi connectivity index (χ2v) is 3.70. The quantitative estimate of drug-likeness (QED) is 0.814. The zero-order chi connectivity index (χ0) is 9.10. The highest BCUT2D eigenvalue weighted by Crippen LogP contribution is 2.25. The van der Waals surface area contributed by atoms with Crippen LogP contribution in [-0.2, 0) is 6.42 Å². The van der Waals surface area contributed by atoms with Crippen LogP contribution >= 0.6 is 11.3 Å². The molecule has 2 rings (SSSR count). The van der Waals surface area contributed by atoms with E-state index in [-0.39, 0.29) is 6.61 Å². The first-order valence-electron chi connectivity index (χ1n) is 3.99. The fourth-order valence-electron chi connectivity index (χ4n) is 1.05. The molecule has 0 aliphatic heterocycles. The molecule has 13 heavy (non-hydrogen) atoms. The van der Waals surface area contributed by atoms with Crippen molar-refractivity contribution in [2.45, 2.75) is 6.42 Å². The number of aliphatic hydroxyl groups is 1. The summed E-state index contributed by atoms with van der Waals surface area (Å²) in [5.41, 5.74) is 0. The predicted octanol–water partition coefficient (Wildman–Crippen LogP) is 1.94. The van der Waals surface area contributed by atoms with E-state index in [1.807, 2.05) is 12.1 Å². The molecule has 2 aromatic rings.